The highest BCUT2D eigenvalue weighted by molar-refractivity contribution is 5.93. The predicted molar refractivity (Wildman–Crippen MR) is 107 cm³/mol. The molecule has 3 aromatic carbocycles. The first-order valence-electron chi connectivity index (χ1n) is 9.65. The van der Waals surface area contributed by atoms with Gasteiger partial charge in [0.15, 0.2) is 0 Å². The minimum absolute atomic E-state index is 0.224. The average Bonchev–Trinajstić information content (AvgIpc) is 2.66. The van der Waals surface area contributed by atoms with Gasteiger partial charge in [-0.3, -0.25) is 0 Å². The van der Waals surface area contributed by atoms with Gasteiger partial charge in [-0.15, -0.1) is 0 Å². The first-order chi connectivity index (χ1) is 12.7. The molecule has 0 unspecified atom stereocenters. The third-order valence-corrected chi connectivity index (χ3v) is 5.05. The molecule has 0 radical (unpaired) electrons. The summed E-state index contributed by atoms with van der Waals surface area (Å²) in [6.45, 7) is 4.32. The molecule has 3 rings (SSSR count). The summed E-state index contributed by atoms with van der Waals surface area (Å²) < 4.78 is 29.4. The van der Waals surface area contributed by atoms with Crippen LogP contribution in [0.3, 0.4) is 0 Å². The summed E-state index contributed by atoms with van der Waals surface area (Å²) in [6.07, 6.45) is 5.96. The van der Waals surface area contributed by atoms with Gasteiger partial charge in [0.25, 0.3) is 0 Å². The van der Waals surface area contributed by atoms with Crippen molar-refractivity contribution in [2.45, 2.75) is 52.4 Å². The van der Waals surface area contributed by atoms with Gasteiger partial charge in [-0.05, 0) is 59.9 Å². The van der Waals surface area contributed by atoms with E-state index in [1.807, 2.05) is 30.3 Å². The van der Waals surface area contributed by atoms with Gasteiger partial charge < -0.3 is 0 Å². The van der Waals surface area contributed by atoms with E-state index in [4.69, 9.17) is 0 Å². The molecule has 3 aromatic rings. The molecule has 0 heterocycles. The molecule has 0 amide bonds. The summed E-state index contributed by atoms with van der Waals surface area (Å²) in [5.41, 5.74) is 3.51. The average molecular weight is 352 g/mol. The summed E-state index contributed by atoms with van der Waals surface area (Å²) in [6, 6.07) is 14.0. The van der Waals surface area contributed by atoms with E-state index in [0.29, 0.717) is 16.5 Å². The molecule has 0 fully saturated rings. The molecule has 2 heteroatoms. The SMILES string of the molecule is CCCCc1c(-c2cccc(F)c2)c(F)c2ccccc2c1CCCC. The summed E-state index contributed by atoms with van der Waals surface area (Å²) in [4.78, 5) is 0. The highest BCUT2D eigenvalue weighted by Crippen LogP contribution is 2.38. The number of hydrogen-bond acceptors (Lipinski definition) is 0. The van der Waals surface area contributed by atoms with Crippen LogP contribution in [-0.4, -0.2) is 0 Å². The van der Waals surface area contributed by atoms with E-state index in [0.717, 1.165) is 49.5 Å². The van der Waals surface area contributed by atoms with Crippen molar-refractivity contribution in [3.63, 3.8) is 0 Å². The van der Waals surface area contributed by atoms with Crippen molar-refractivity contribution in [3.05, 3.63) is 71.3 Å². The standard InChI is InChI=1S/C24H26F2/c1-3-5-12-19-20-14-7-8-15-22(20)24(26)23(21(19)13-6-4-2)17-10-9-11-18(25)16-17/h7-11,14-16H,3-6,12-13H2,1-2H3. The highest BCUT2D eigenvalue weighted by Gasteiger charge is 2.20. The van der Waals surface area contributed by atoms with Crippen molar-refractivity contribution in [1.29, 1.82) is 0 Å². The second-order valence-electron chi connectivity index (χ2n) is 6.91. The lowest BCUT2D eigenvalue weighted by molar-refractivity contribution is 0.626. The maximum atomic E-state index is 15.6. The van der Waals surface area contributed by atoms with Gasteiger partial charge in [-0.1, -0.05) is 63.1 Å². The predicted octanol–water partition coefficient (Wildman–Crippen LogP) is 7.47. The number of rotatable bonds is 7. The van der Waals surface area contributed by atoms with Crippen molar-refractivity contribution in [2.75, 3.05) is 0 Å². The zero-order valence-electron chi connectivity index (χ0n) is 15.6. The molecule has 136 valence electrons. The number of unbranched alkanes of at least 4 members (excludes halogenated alkanes) is 2. The molecule has 0 atom stereocenters. The smallest absolute Gasteiger partial charge is 0.139 e. The second-order valence-corrected chi connectivity index (χ2v) is 6.91. The molecule has 0 nitrogen and oxygen atoms in total. The van der Waals surface area contributed by atoms with Crippen LogP contribution in [0.5, 0.6) is 0 Å². The summed E-state index contributed by atoms with van der Waals surface area (Å²) in [7, 11) is 0. The summed E-state index contributed by atoms with van der Waals surface area (Å²) in [5, 5.41) is 1.64. The Morgan fingerprint density at radius 1 is 0.731 bits per heavy atom. The molecule has 0 spiro atoms. The van der Waals surface area contributed by atoms with Crippen LogP contribution < -0.4 is 0 Å². The Morgan fingerprint density at radius 2 is 1.38 bits per heavy atom. The van der Waals surface area contributed by atoms with Crippen LogP contribution in [0.2, 0.25) is 0 Å². The molecule has 0 aliphatic rings. The molecular weight excluding hydrogens is 326 g/mol. The van der Waals surface area contributed by atoms with Gasteiger partial charge in [0.05, 0.1) is 0 Å². The fourth-order valence-electron chi connectivity index (χ4n) is 3.73. The maximum absolute atomic E-state index is 15.6. The Hall–Kier alpha value is -2.22. The molecule has 0 saturated heterocycles. The summed E-state index contributed by atoms with van der Waals surface area (Å²) >= 11 is 0. The third-order valence-electron chi connectivity index (χ3n) is 5.05. The van der Waals surface area contributed by atoms with Gasteiger partial charge in [0.2, 0.25) is 0 Å². The van der Waals surface area contributed by atoms with Crippen molar-refractivity contribution in [1.82, 2.24) is 0 Å². The minimum atomic E-state index is -0.327. The number of hydrogen-bond donors (Lipinski definition) is 0. The van der Waals surface area contributed by atoms with Crippen LogP contribution in [0.25, 0.3) is 21.9 Å². The monoisotopic (exact) mass is 352 g/mol. The number of fused-ring (bicyclic) bond motifs is 1. The van der Waals surface area contributed by atoms with Gasteiger partial charge >= 0.3 is 0 Å². The Bertz CT molecular complexity index is 896. The van der Waals surface area contributed by atoms with E-state index >= 15 is 4.39 Å². The molecule has 0 N–H and O–H groups in total. The molecule has 0 saturated carbocycles. The maximum Gasteiger partial charge on any atom is 0.139 e. The minimum Gasteiger partial charge on any atom is -0.207 e. The second kappa shape index (κ2) is 8.44. The van der Waals surface area contributed by atoms with Crippen LogP contribution in [0.4, 0.5) is 8.78 Å². The Labute approximate surface area is 154 Å². The van der Waals surface area contributed by atoms with Gasteiger partial charge in [0.1, 0.15) is 11.6 Å². The van der Waals surface area contributed by atoms with Crippen LogP contribution in [0.1, 0.15) is 50.7 Å². The fraction of sp³-hybridized carbons (Fsp3) is 0.333. The Balaban J connectivity index is 2.34. The lowest BCUT2D eigenvalue weighted by Gasteiger charge is -2.20. The van der Waals surface area contributed by atoms with Gasteiger partial charge in [-0.2, -0.15) is 0 Å². The third kappa shape index (κ3) is 3.65. The molecule has 0 aliphatic carbocycles. The zero-order chi connectivity index (χ0) is 18.5. The zero-order valence-corrected chi connectivity index (χ0v) is 15.6. The van der Waals surface area contributed by atoms with E-state index < -0.39 is 0 Å². The van der Waals surface area contributed by atoms with Gasteiger partial charge in [0, 0.05) is 10.9 Å². The van der Waals surface area contributed by atoms with Crippen molar-refractivity contribution in [3.8, 4) is 11.1 Å². The number of halogens is 2. The van der Waals surface area contributed by atoms with E-state index in [9.17, 15) is 4.39 Å². The lowest BCUT2D eigenvalue weighted by Crippen LogP contribution is -2.04. The molecule has 0 aliphatic heterocycles. The van der Waals surface area contributed by atoms with Gasteiger partial charge in [-0.25, -0.2) is 8.78 Å². The van der Waals surface area contributed by atoms with Crippen LogP contribution in [0, 0.1) is 11.6 Å². The van der Waals surface area contributed by atoms with Crippen molar-refractivity contribution >= 4 is 10.8 Å². The van der Waals surface area contributed by atoms with E-state index in [2.05, 4.69) is 13.8 Å². The van der Waals surface area contributed by atoms with E-state index in [1.54, 1.807) is 6.07 Å². The van der Waals surface area contributed by atoms with Crippen LogP contribution in [0.15, 0.2) is 48.5 Å². The first-order valence-corrected chi connectivity index (χ1v) is 9.65. The molecule has 26 heavy (non-hydrogen) atoms. The largest absolute Gasteiger partial charge is 0.207 e. The normalized spacial score (nSPS) is 11.2. The lowest BCUT2D eigenvalue weighted by atomic mass is 9.85. The van der Waals surface area contributed by atoms with E-state index in [-0.39, 0.29) is 11.6 Å². The number of benzene rings is 3. The highest BCUT2D eigenvalue weighted by atomic mass is 19.1. The first kappa shape index (κ1) is 18.6. The quantitative estimate of drug-likeness (QED) is 0.414. The Morgan fingerprint density at radius 3 is 2.04 bits per heavy atom. The van der Waals surface area contributed by atoms with Crippen molar-refractivity contribution < 1.29 is 8.78 Å². The topological polar surface area (TPSA) is 0 Å². The van der Waals surface area contributed by atoms with E-state index in [1.165, 1.54) is 17.7 Å². The van der Waals surface area contributed by atoms with Crippen molar-refractivity contribution in [2.24, 2.45) is 0 Å². The Kier molecular flexibility index (Phi) is 6.03. The molecule has 0 aromatic heterocycles. The summed E-state index contributed by atoms with van der Waals surface area (Å²) in [5.74, 6) is -0.552. The molecular formula is C24H26F2. The number of aryl methyl sites for hydroxylation is 1. The van der Waals surface area contributed by atoms with Crippen LogP contribution in [-0.2, 0) is 12.8 Å². The molecule has 0 bridgehead atoms. The van der Waals surface area contributed by atoms with Crippen LogP contribution >= 0.6 is 0 Å². The fourth-order valence-corrected chi connectivity index (χ4v) is 3.73.